The number of anilines is 1. The van der Waals surface area contributed by atoms with E-state index in [2.05, 4.69) is 21.2 Å². The van der Waals surface area contributed by atoms with Gasteiger partial charge in [0, 0.05) is 19.0 Å². The van der Waals surface area contributed by atoms with Gasteiger partial charge in [-0.05, 0) is 53.0 Å². The summed E-state index contributed by atoms with van der Waals surface area (Å²) in [7, 11) is -2.26. The van der Waals surface area contributed by atoms with Gasteiger partial charge in [-0.2, -0.15) is 4.31 Å². The standard InChI is InChI=1S/C18H19BrN2O5S2/c1-26-18(23)13-4-2-3-5-14(13)20-17(22)12-8-10-21(11-9-12)28(24,25)16-7-6-15(19)27-16/h2-7,12H,8-11H2,1H3,(H,20,22). The zero-order valence-corrected chi connectivity index (χ0v) is 18.3. The molecule has 2 heterocycles. The van der Waals surface area contributed by atoms with Crippen molar-refractivity contribution in [3.05, 3.63) is 45.7 Å². The molecule has 0 unspecified atom stereocenters. The monoisotopic (exact) mass is 486 g/mol. The summed E-state index contributed by atoms with van der Waals surface area (Å²) in [5.74, 6) is -1.08. The van der Waals surface area contributed by atoms with Crippen molar-refractivity contribution >= 4 is 54.9 Å². The minimum atomic E-state index is -3.54. The number of nitrogens with one attached hydrogen (secondary N) is 1. The molecule has 1 amide bonds. The molecule has 0 bridgehead atoms. The summed E-state index contributed by atoms with van der Waals surface area (Å²) in [5, 5.41) is 2.77. The van der Waals surface area contributed by atoms with Gasteiger partial charge in [0.2, 0.25) is 5.91 Å². The van der Waals surface area contributed by atoms with Crippen LogP contribution in [0.3, 0.4) is 0 Å². The summed E-state index contributed by atoms with van der Waals surface area (Å²) in [6.07, 6.45) is 0.829. The summed E-state index contributed by atoms with van der Waals surface area (Å²) in [5.41, 5.74) is 0.666. The third kappa shape index (κ3) is 4.45. The van der Waals surface area contributed by atoms with E-state index in [-0.39, 0.29) is 34.7 Å². The molecule has 2 aromatic rings. The summed E-state index contributed by atoms with van der Waals surface area (Å²) in [6, 6.07) is 9.90. The van der Waals surface area contributed by atoms with E-state index in [1.54, 1.807) is 36.4 Å². The summed E-state index contributed by atoms with van der Waals surface area (Å²) >= 11 is 4.45. The number of esters is 1. The first kappa shape index (κ1) is 21.0. The Morgan fingerprint density at radius 2 is 1.86 bits per heavy atom. The number of piperidine rings is 1. The average Bonchev–Trinajstić information content (AvgIpc) is 3.15. The van der Waals surface area contributed by atoms with Gasteiger partial charge in [-0.15, -0.1) is 11.3 Å². The minimum absolute atomic E-state index is 0.229. The highest BCUT2D eigenvalue weighted by Crippen LogP contribution is 2.31. The van der Waals surface area contributed by atoms with Crippen molar-refractivity contribution in [1.29, 1.82) is 0 Å². The number of hydrogen-bond acceptors (Lipinski definition) is 6. The molecule has 7 nitrogen and oxygen atoms in total. The number of halogens is 1. The maximum atomic E-state index is 12.7. The van der Waals surface area contributed by atoms with Gasteiger partial charge in [0.1, 0.15) is 4.21 Å². The average molecular weight is 487 g/mol. The van der Waals surface area contributed by atoms with Crippen LogP contribution in [0.25, 0.3) is 0 Å². The Balaban J connectivity index is 1.64. The van der Waals surface area contributed by atoms with Crippen molar-refractivity contribution in [2.45, 2.75) is 17.1 Å². The first-order valence-corrected chi connectivity index (χ1v) is 11.6. The molecule has 1 saturated heterocycles. The van der Waals surface area contributed by atoms with Crippen LogP contribution in [-0.4, -0.2) is 44.8 Å². The molecule has 10 heteroatoms. The highest BCUT2D eigenvalue weighted by molar-refractivity contribution is 9.11. The number of rotatable bonds is 5. The zero-order chi connectivity index (χ0) is 20.3. The molecular weight excluding hydrogens is 468 g/mol. The number of thiophene rings is 1. The van der Waals surface area contributed by atoms with Gasteiger partial charge in [0.05, 0.1) is 22.1 Å². The molecule has 0 atom stereocenters. The predicted octanol–water partition coefficient (Wildman–Crippen LogP) is 3.34. The number of amides is 1. The van der Waals surface area contributed by atoms with Gasteiger partial charge in [-0.3, -0.25) is 4.79 Å². The van der Waals surface area contributed by atoms with Gasteiger partial charge in [0.15, 0.2) is 0 Å². The van der Waals surface area contributed by atoms with Crippen molar-refractivity contribution in [2.24, 2.45) is 5.92 Å². The second-order valence-electron chi connectivity index (χ2n) is 6.26. The van der Waals surface area contributed by atoms with E-state index in [9.17, 15) is 18.0 Å². The van der Waals surface area contributed by atoms with Crippen LogP contribution in [0.4, 0.5) is 5.69 Å². The Labute approximate surface area is 175 Å². The summed E-state index contributed by atoms with van der Waals surface area (Å²) in [6.45, 7) is 0.545. The Bertz CT molecular complexity index is 981. The lowest BCUT2D eigenvalue weighted by molar-refractivity contribution is -0.120. The highest BCUT2D eigenvalue weighted by Gasteiger charge is 2.33. The van der Waals surface area contributed by atoms with Crippen molar-refractivity contribution in [3.8, 4) is 0 Å². The number of hydrogen-bond donors (Lipinski definition) is 1. The number of nitrogens with zero attached hydrogens (tertiary/aromatic N) is 1. The van der Waals surface area contributed by atoms with Crippen molar-refractivity contribution in [1.82, 2.24) is 4.31 Å². The zero-order valence-electron chi connectivity index (χ0n) is 15.1. The van der Waals surface area contributed by atoms with Crippen LogP contribution in [0, 0.1) is 5.92 Å². The van der Waals surface area contributed by atoms with Crippen LogP contribution in [0.5, 0.6) is 0 Å². The molecule has 1 N–H and O–H groups in total. The van der Waals surface area contributed by atoms with E-state index in [4.69, 9.17) is 4.74 Å². The van der Waals surface area contributed by atoms with Gasteiger partial charge < -0.3 is 10.1 Å². The number of sulfonamides is 1. The lowest BCUT2D eigenvalue weighted by Gasteiger charge is -2.30. The maximum Gasteiger partial charge on any atom is 0.339 e. The number of benzene rings is 1. The molecule has 1 aromatic carbocycles. The van der Waals surface area contributed by atoms with Crippen LogP contribution in [-0.2, 0) is 19.6 Å². The molecule has 1 aromatic heterocycles. The van der Waals surface area contributed by atoms with Crippen molar-refractivity contribution in [3.63, 3.8) is 0 Å². The fraction of sp³-hybridized carbons (Fsp3) is 0.333. The molecule has 28 heavy (non-hydrogen) atoms. The van der Waals surface area contributed by atoms with Crippen LogP contribution < -0.4 is 5.32 Å². The smallest absolute Gasteiger partial charge is 0.339 e. The number of carbonyl (C=O) groups excluding carboxylic acids is 2. The molecule has 0 aliphatic carbocycles. The predicted molar refractivity (Wildman–Crippen MR) is 110 cm³/mol. The van der Waals surface area contributed by atoms with E-state index >= 15 is 0 Å². The fourth-order valence-corrected chi connectivity index (χ4v) is 6.67. The Morgan fingerprint density at radius 1 is 1.18 bits per heavy atom. The van der Waals surface area contributed by atoms with E-state index < -0.39 is 16.0 Å². The van der Waals surface area contributed by atoms with Gasteiger partial charge in [-0.25, -0.2) is 13.2 Å². The summed E-state index contributed by atoms with van der Waals surface area (Å²) < 4.78 is 32.6. The minimum Gasteiger partial charge on any atom is -0.465 e. The highest BCUT2D eigenvalue weighted by atomic mass is 79.9. The molecule has 150 valence electrons. The van der Waals surface area contributed by atoms with Crippen molar-refractivity contribution < 1.29 is 22.7 Å². The van der Waals surface area contributed by atoms with Crippen LogP contribution in [0.15, 0.2) is 44.4 Å². The molecule has 3 rings (SSSR count). The SMILES string of the molecule is COC(=O)c1ccccc1NC(=O)C1CCN(S(=O)(=O)c2ccc(Br)s2)CC1. The van der Waals surface area contributed by atoms with Crippen LogP contribution in [0.2, 0.25) is 0 Å². The number of methoxy groups -OCH3 is 1. The number of carbonyl (C=O) groups is 2. The molecule has 0 spiro atoms. The Morgan fingerprint density at radius 3 is 2.46 bits per heavy atom. The molecule has 1 aliphatic heterocycles. The van der Waals surface area contributed by atoms with Crippen molar-refractivity contribution in [2.75, 3.05) is 25.5 Å². The Hall–Kier alpha value is -1.75. The quantitative estimate of drug-likeness (QED) is 0.654. The lowest BCUT2D eigenvalue weighted by Crippen LogP contribution is -2.41. The van der Waals surface area contributed by atoms with Gasteiger partial charge in [-0.1, -0.05) is 12.1 Å². The summed E-state index contributed by atoms with van der Waals surface area (Å²) in [4.78, 5) is 24.5. The van der Waals surface area contributed by atoms with Crippen LogP contribution >= 0.6 is 27.3 Å². The van der Waals surface area contributed by atoms with E-state index in [1.165, 1.54) is 22.8 Å². The van der Waals surface area contributed by atoms with E-state index in [0.717, 1.165) is 3.79 Å². The molecule has 0 radical (unpaired) electrons. The third-order valence-corrected chi connectivity index (χ3v) is 8.55. The normalized spacial score (nSPS) is 15.9. The Kier molecular flexibility index (Phi) is 6.54. The van der Waals surface area contributed by atoms with E-state index in [0.29, 0.717) is 18.5 Å². The maximum absolute atomic E-state index is 12.7. The first-order chi connectivity index (χ1) is 13.3. The molecule has 0 saturated carbocycles. The second kappa shape index (κ2) is 8.73. The third-order valence-electron chi connectivity index (χ3n) is 4.56. The molecule has 1 aliphatic rings. The fourth-order valence-electron chi connectivity index (χ4n) is 3.04. The van der Waals surface area contributed by atoms with Gasteiger partial charge >= 0.3 is 5.97 Å². The van der Waals surface area contributed by atoms with Crippen LogP contribution in [0.1, 0.15) is 23.2 Å². The van der Waals surface area contributed by atoms with Gasteiger partial charge in [0.25, 0.3) is 10.0 Å². The number of ether oxygens (including phenoxy) is 1. The first-order valence-electron chi connectivity index (χ1n) is 8.56. The molecule has 1 fully saturated rings. The largest absolute Gasteiger partial charge is 0.465 e. The second-order valence-corrected chi connectivity index (χ2v) is 10.9. The van der Waals surface area contributed by atoms with E-state index in [1.807, 2.05) is 0 Å². The topological polar surface area (TPSA) is 92.8 Å². The lowest BCUT2D eigenvalue weighted by atomic mass is 9.97. The molecular formula is C18H19BrN2O5S2. The number of para-hydroxylation sites is 1.